The number of hydrogen-bond donors (Lipinski definition) is 0. The molecule has 1 aromatic carbocycles. The number of rotatable bonds is 9. The molecule has 0 fully saturated rings. The van der Waals surface area contributed by atoms with Crippen molar-refractivity contribution in [1.29, 1.82) is 0 Å². The largest absolute Gasteiger partial charge is 0.494 e. The van der Waals surface area contributed by atoms with Gasteiger partial charge in [-0.2, -0.15) is 0 Å². The van der Waals surface area contributed by atoms with Crippen molar-refractivity contribution in [2.24, 2.45) is 0 Å². The molecule has 0 radical (unpaired) electrons. The van der Waals surface area contributed by atoms with Crippen LogP contribution in [0.15, 0.2) is 30.5 Å². The SMILES string of the molecule is CCOc1ccc2c(ccn2CCOCCCOC)c1. The predicted octanol–water partition coefficient (Wildman–Crippen LogP) is 3.09. The van der Waals surface area contributed by atoms with Gasteiger partial charge in [0.25, 0.3) is 0 Å². The molecule has 110 valence electrons. The molecule has 0 atom stereocenters. The van der Waals surface area contributed by atoms with Crippen LogP contribution >= 0.6 is 0 Å². The van der Waals surface area contributed by atoms with Crippen LogP contribution in [0, 0.1) is 0 Å². The highest BCUT2D eigenvalue weighted by Crippen LogP contribution is 2.22. The Morgan fingerprint density at radius 1 is 1.10 bits per heavy atom. The van der Waals surface area contributed by atoms with Gasteiger partial charge in [-0.15, -0.1) is 0 Å². The zero-order valence-corrected chi connectivity index (χ0v) is 12.3. The zero-order chi connectivity index (χ0) is 14.2. The van der Waals surface area contributed by atoms with Crippen LogP contribution in [0.2, 0.25) is 0 Å². The number of methoxy groups -OCH3 is 1. The highest BCUT2D eigenvalue weighted by molar-refractivity contribution is 5.81. The molecule has 0 amide bonds. The van der Waals surface area contributed by atoms with Crippen molar-refractivity contribution in [2.75, 3.05) is 33.5 Å². The molecule has 0 unspecified atom stereocenters. The third kappa shape index (κ3) is 3.99. The predicted molar refractivity (Wildman–Crippen MR) is 80.4 cm³/mol. The van der Waals surface area contributed by atoms with Crippen LogP contribution in [0.4, 0.5) is 0 Å². The summed E-state index contributed by atoms with van der Waals surface area (Å²) in [6.45, 7) is 5.79. The molecule has 0 aliphatic rings. The first-order valence-electron chi connectivity index (χ1n) is 7.13. The van der Waals surface area contributed by atoms with Gasteiger partial charge >= 0.3 is 0 Å². The van der Waals surface area contributed by atoms with E-state index in [-0.39, 0.29) is 0 Å². The molecule has 4 heteroatoms. The number of benzene rings is 1. The molecule has 0 aliphatic carbocycles. The minimum absolute atomic E-state index is 0.696. The van der Waals surface area contributed by atoms with Crippen LogP contribution in [0.5, 0.6) is 5.75 Å². The van der Waals surface area contributed by atoms with E-state index in [1.807, 2.05) is 13.0 Å². The van der Waals surface area contributed by atoms with Crippen LogP contribution in [-0.2, 0) is 16.0 Å². The topological polar surface area (TPSA) is 32.6 Å². The van der Waals surface area contributed by atoms with E-state index >= 15 is 0 Å². The first kappa shape index (κ1) is 14.9. The van der Waals surface area contributed by atoms with Crippen molar-refractivity contribution >= 4 is 10.9 Å². The summed E-state index contributed by atoms with van der Waals surface area (Å²) < 4.78 is 18.3. The third-order valence-electron chi connectivity index (χ3n) is 3.17. The molecule has 2 aromatic rings. The summed E-state index contributed by atoms with van der Waals surface area (Å²) in [7, 11) is 1.71. The van der Waals surface area contributed by atoms with Crippen molar-refractivity contribution in [2.45, 2.75) is 19.9 Å². The first-order valence-corrected chi connectivity index (χ1v) is 7.13. The molecular weight excluding hydrogens is 254 g/mol. The van der Waals surface area contributed by atoms with Crippen molar-refractivity contribution in [3.8, 4) is 5.75 Å². The second-order valence-corrected chi connectivity index (χ2v) is 4.62. The van der Waals surface area contributed by atoms with Gasteiger partial charge in [0, 0.05) is 44.0 Å². The Morgan fingerprint density at radius 2 is 2.00 bits per heavy atom. The minimum atomic E-state index is 0.696. The van der Waals surface area contributed by atoms with Crippen molar-refractivity contribution in [1.82, 2.24) is 4.57 Å². The van der Waals surface area contributed by atoms with E-state index in [9.17, 15) is 0 Å². The molecule has 0 spiro atoms. The van der Waals surface area contributed by atoms with Crippen LogP contribution in [0.1, 0.15) is 13.3 Å². The lowest BCUT2D eigenvalue weighted by Crippen LogP contribution is -2.07. The van der Waals surface area contributed by atoms with E-state index in [2.05, 4.69) is 29.0 Å². The fourth-order valence-electron chi connectivity index (χ4n) is 2.20. The van der Waals surface area contributed by atoms with E-state index in [1.165, 1.54) is 10.9 Å². The molecule has 2 rings (SSSR count). The van der Waals surface area contributed by atoms with Gasteiger partial charge in [0.1, 0.15) is 5.75 Å². The van der Waals surface area contributed by atoms with Crippen molar-refractivity contribution in [3.05, 3.63) is 30.5 Å². The van der Waals surface area contributed by atoms with Gasteiger partial charge in [-0.3, -0.25) is 0 Å². The average molecular weight is 277 g/mol. The molecular formula is C16H23NO3. The molecule has 0 aliphatic heterocycles. The smallest absolute Gasteiger partial charge is 0.120 e. The van der Waals surface area contributed by atoms with Crippen LogP contribution in [0.25, 0.3) is 10.9 Å². The Hall–Kier alpha value is -1.52. The molecule has 0 N–H and O–H groups in total. The number of nitrogens with zero attached hydrogens (tertiary/aromatic N) is 1. The number of aromatic nitrogens is 1. The lowest BCUT2D eigenvalue weighted by Gasteiger charge is -2.08. The Labute approximate surface area is 120 Å². The van der Waals surface area contributed by atoms with E-state index in [4.69, 9.17) is 14.2 Å². The number of ether oxygens (including phenoxy) is 3. The van der Waals surface area contributed by atoms with Crippen LogP contribution < -0.4 is 4.74 Å². The Morgan fingerprint density at radius 3 is 2.80 bits per heavy atom. The molecule has 20 heavy (non-hydrogen) atoms. The van der Waals surface area contributed by atoms with Crippen molar-refractivity contribution < 1.29 is 14.2 Å². The van der Waals surface area contributed by atoms with E-state index in [0.717, 1.165) is 38.5 Å². The van der Waals surface area contributed by atoms with Gasteiger partial charge in [-0.1, -0.05) is 0 Å². The molecule has 4 nitrogen and oxygen atoms in total. The maximum atomic E-state index is 5.59. The van der Waals surface area contributed by atoms with Crippen LogP contribution in [-0.4, -0.2) is 38.1 Å². The second-order valence-electron chi connectivity index (χ2n) is 4.62. The van der Waals surface area contributed by atoms with E-state index in [0.29, 0.717) is 6.61 Å². The summed E-state index contributed by atoms with van der Waals surface area (Å²) in [5.41, 5.74) is 1.22. The molecule has 0 saturated heterocycles. The zero-order valence-electron chi connectivity index (χ0n) is 12.3. The fourth-order valence-corrected chi connectivity index (χ4v) is 2.20. The molecule has 0 saturated carbocycles. The number of fused-ring (bicyclic) bond motifs is 1. The average Bonchev–Trinajstić information content (AvgIpc) is 2.86. The van der Waals surface area contributed by atoms with Gasteiger partial charge in [0.2, 0.25) is 0 Å². The summed E-state index contributed by atoms with van der Waals surface area (Å²) in [6, 6.07) is 8.31. The summed E-state index contributed by atoms with van der Waals surface area (Å²) in [5, 5.41) is 1.20. The fraction of sp³-hybridized carbons (Fsp3) is 0.500. The third-order valence-corrected chi connectivity index (χ3v) is 3.17. The minimum Gasteiger partial charge on any atom is -0.494 e. The Kier molecular flexibility index (Phi) is 5.89. The number of hydrogen-bond acceptors (Lipinski definition) is 3. The Bertz CT molecular complexity index is 521. The summed E-state index contributed by atoms with van der Waals surface area (Å²) >= 11 is 0. The quantitative estimate of drug-likeness (QED) is 0.660. The highest BCUT2D eigenvalue weighted by Gasteiger charge is 2.02. The van der Waals surface area contributed by atoms with Crippen LogP contribution in [0.3, 0.4) is 0 Å². The van der Waals surface area contributed by atoms with Crippen molar-refractivity contribution in [3.63, 3.8) is 0 Å². The van der Waals surface area contributed by atoms with E-state index < -0.39 is 0 Å². The lowest BCUT2D eigenvalue weighted by molar-refractivity contribution is 0.0982. The van der Waals surface area contributed by atoms with Gasteiger partial charge < -0.3 is 18.8 Å². The maximum absolute atomic E-state index is 5.59. The summed E-state index contributed by atoms with van der Waals surface area (Å²) in [4.78, 5) is 0. The van der Waals surface area contributed by atoms with E-state index in [1.54, 1.807) is 7.11 Å². The Balaban J connectivity index is 1.87. The normalized spacial score (nSPS) is 11.1. The highest BCUT2D eigenvalue weighted by atomic mass is 16.5. The maximum Gasteiger partial charge on any atom is 0.120 e. The van der Waals surface area contributed by atoms with Gasteiger partial charge in [-0.05, 0) is 37.6 Å². The molecule has 1 heterocycles. The van der Waals surface area contributed by atoms with Gasteiger partial charge in [0.15, 0.2) is 0 Å². The summed E-state index contributed by atoms with van der Waals surface area (Å²) in [6.07, 6.45) is 3.04. The summed E-state index contributed by atoms with van der Waals surface area (Å²) in [5.74, 6) is 0.925. The molecule has 0 bridgehead atoms. The van der Waals surface area contributed by atoms with Gasteiger partial charge in [-0.25, -0.2) is 0 Å². The first-order chi connectivity index (χ1) is 9.85. The van der Waals surface area contributed by atoms with Gasteiger partial charge in [0.05, 0.1) is 13.2 Å². The second kappa shape index (κ2) is 7.92. The lowest BCUT2D eigenvalue weighted by atomic mass is 10.2. The molecule has 1 aromatic heterocycles. The monoisotopic (exact) mass is 277 g/mol. The standard InChI is InChI=1S/C16H23NO3/c1-3-20-15-5-6-16-14(13-15)7-8-17(16)9-12-19-11-4-10-18-2/h5-8,13H,3-4,9-12H2,1-2H3.